The van der Waals surface area contributed by atoms with E-state index in [1.165, 1.54) is 0 Å². The van der Waals surface area contributed by atoms with Crippen LogP contribution in [0.25, 0.3) is 0 Å². The zero-order valence-electron chi connectivity index (χ0n) is 14.5. The van der Waals surface area contributed by atoms with Crippen LogP contribution in [-0.2, 0) is 9.59 Å². The Morgan fingerprint density at radius 3 is 2.58 bits per heavy atom. The molecule has 0 saturated carbocycles. The van der Waals surface area contributed by atoms with Crippen LogP contribution in [0.5, 0.6) is 0 Å². The van der Waals surface area contributed by atoms with E-state index in [0.29, 0.717) is 31.8 Å². The Balaban J connectivity index is 1.53. The highest BCUT2D eigenvalue weighted by atomic mass is 16.5. The molecule has 0 bridgehead atoms. The van der Waals surface area contributed by atoms with E-state index >= 15 is 0 Å². The van der Waals surface area contributed by atoms with Crippen molar-refractivity contribution in [2.75, 3.05) is 26.2 Å². The smallest absolute Gasteiger partial charge is 0.231 e. The Hall–Kier alpha value is -1.92. The van der Waals surface area contributed by atoms with Gasteiger partial charge in [-0.25, -0.2) is 0 Å². The molecule has 2 amide bonds. The van der Waals surface area contributed by atoms with E-state index in [2.05, 4.69) is 10.1 Å². The summed E-state index contributed by atoms with van der Waals surface area (Å²) in [6.45, 7) is 6.98. The van der Waals surface area contributed by atoms with Gasteiger partial charge in [-0.05, 0) is 19.3 Å². The molecule has 0 spiro atoms. The average molecular weight is 334 g/mol. The number of aromatic nitrogens is 2. The molecule has 1 aromatic heterocycles. The number of piperidine rings is 1. The normalized spacial score (nSPS) is 22.0. The lowest BCUT2D eigenvalue weighted by molar-refractivity contribution is -0.134. The summed E-state index contributed by atoms with van der Waals surface area (Å²) in [5.41, 5.74) is 0. The van der Waals surface area contributed by atoms with Crippen LogP contribution < -0.4 is 0 Å². The van der Waals surface area contributed by atoms with Crippen molar-refractivity contribution in [1.82, 2.24) is 19.9 Å². The van der Waals surface area contributed by atoms with Crippen LogP contribution in [0.4, 0.5) is 0 Å². The molecule has 0 unspecified atom stereocenters. The van der Waals surface area contributed by atoms with Crippen molar-refractivity contribution in [2.45, 2.75) is 57.8 Å². The van der Waals surface area contributed by atoms with Crippen LogP contribution >= 0.6 is 0 Å². The van der Waals surface area contributed by atoms with Gasteiger partial charge in [0.15, 0.2) is 5.82 Å². The molecule has 3 rings (SSSR count). The lowest BCUT2D eigenvalue weighted by Crippen LogP contribution is -2.40. The summed E-state index contributed by atoms with van der Waals surface area (Å²) in [5.74, 6) is 2.15. The van der Waals surface area contributed by atoms with E-state index in [0.717, 1.165) is 38.2 Å². The summed E-state index contributed by atoms with van der Waals surface area (Å²) in [7, 11) is 0. The van der Waals surface area contributed by atoms with Crippen LogP contribution in [0.1, 0.15) is 69.5 Å². The first kappa shape index (κ1) is 16.9. The number of carbonyl (C=O) groups excluding carboxylic acids is 2. The van der Waals surface area contributed by atoms with Crippen molar-refractivity contribution in [3.8, 4) is 0 Å². The van der Waals surface area contributed by atoms with Gasteiger partial charge in [-0.2, -0.15) is 4.98 Å². The molecule has 0 radical (unpaired) electrons. The third-order valence-corrected chi connectivity index (χ3v) is 4.85. The van der Waals surface area contributed by atoms with Crippen molar-refractivity contribution < 1.29 is 14.1 Å². The van der Waals surface area contributed by atoms with Gasteiger partial charge in [0.2, 0.25) is 17.7 Å². The van der Waals surface area contributed by atoms with Crippen molar-refractivity contribution in [2.24, 2.45) is 0 Å². The minimum Gasteiger partial charge on any atom is -0.343 e. The fraction of sp³-hybridized carbons (Fsp3) is 0.765. The molecule has 2 fully saturated rings. The van der Waals surface area contributed by atoms with Gasteiger partial charge in [0.05, 0.1) is 5.92 Å². The summed E-state index contributed by atoms with van der Waals surface area (Å²) in [4.78, 5) is 32.0. The Bertz CT molecular complexity index is 598. The van der Waals surface area contributed by atoms with Gasteiger partial charge >= 0.3 is 0 Å². The third kappa shape index (κ3) is 3.76. The van der Waals surface area contributed by atoms with E-state index < -0.39 is 0 Å². The zero-order chi connectivity index (χ0) is 17.1. The van der Waals surface area contributed by atoms with Gasteiger partial charge in [0.1, 0.15) is 0 Å². The molecule has 24 heavy (non-hydrogen) atoms. The molecule has 1 aromatic rings. The Kier molecular flexibility index (Phi) is 5.16. The number of rotatable bonds is 6. The molecule has 1 atom stereocenters. The van der Waals surface area contributed by atoms with Gasteiger partial charge < -0.3 is 14.3 Å². The van der Waals surface area contributed by atoms with Crippen LogP contribution in [0.3, 0.4) is 0 Å². The summed E-state index contributed by atoms with van der Waals surface area (Å²) < 4.78 is 5.40. The molecule has 7 heteroatoms. The fourth-order valence-corrected chi connectivity index (χ4v) is 3.37. The number of hydrogen-bond donors (Lipinski definition) is 0. The van der Waals surface area contributed by atoms with Crippen LogP contribution in [-0.4, -0.2) is 57.9 Å². The molecule has 7 nitrogen and oxygen atoms in total. The average Bonchev–Trinajstić information content (AvgIpc) is 3.19. The molecule has 0 aromatic carbocycles. The highest BCUT2D eigenvalue weighted by Crippen LogP contribution is 2.27. The van der Waals surface area contributed by atoms with E-state index in [-0.39, 0.29) is 23.7 Å². The van der Waals surface area contributed by atoms with Gasteiger partial charge in [-0.15, -0.1) is 0 Å². The maximum atomic E-state index is 12.2. The second-order valence-corrected chi connectivity index (χ2v) is 7.06. The number of nitrogens with zero attached hydrogens (tertiary/aromatic N) is 4. The summed E-state index contributed by atoms with van der Waals surface area (Å²) in [6.07, 6.45) is 3.73. The largest absolute Gasteiger partial charge is 0.343 e. The van der Waals surface area contributed by atoms with Crippen LogP contribution in [0, 0.1) is 0 Å². The van der Waals surface area contributed by atoms with Gasteiger partial charge in [0.25, 0.3) is 0 Å². The minimum absolute atomic E-state index is 0.121. The first-order valence-corrected chi connectivity index (χ1v) is 8.93. The quantitative estimate of drug-likeness (QED) is 0.794. The van der Waals surface area contributed by atoms with Gasteiger partial charge in [-0.1, -0.05) is 19.0 Å². The number of carbonyl (C=O) groups is 2. The number of likely N-dealkylation sites (tertiary alicyclic amines) is 2. The zero-order valence-corrected chi connectivity index (χ0v) is 14.5. The molecule has 132 valence electrons. The molecule has 2 aliphatic rings. The summed E-state index contributed by atoms with van der Waals surface area (Å²) in [6, 6.07) is 0. The summed E-state index contributed by atoms with van der Waals surface area (Å²) in [5, 5.41) is 4.02. The first-order valence-electron chi connectivity index (χ1n) is 8.93. The Morgan fingerprint density at radius 1 is 1.17 bits per heavy atom. The third-order valence-electron chi connectivity index (χ3n) is 4.85. The Morgan fingerprint density at radius 2 is 1.92 bits per heavy atom. The van der Waals surface area contributed by atoms with E-state index in [4.69, 9.17) is 4.52 Å². The molecule has 0 N–H and O–H groups in total. The molecule has 0 aliphatic carbocycles. The summed E-state index contributed by atoms with van der Waals surface area (Å²) >= 11 is 0. The maximum absolute atomic E-state index is 12.2. The standard InChI is InChI=1S/C17H26N4O3/c1-12(2)16-18-17(24-19-16)13-6-7-15(23)21(11-13)10-4-9-20-8-3-5-14(20)22/h12-13H,3-11H2,1-2H3/t13-/m0/s1. The predicted octanol–water partition coefficient (Wildman–Crippen LogP) is 1.91. The van der Waals surface area contributed by atoms with Crippen LogP contribution in [0.2, 0.25) is 0 Å². The van der Waals surface area contributed by atoms with Gasteiger partial charge in [-0.3, -0.25) is 9.59 Å². The fourth-order valence-electron chi connectivity index (χ4n) is 3.37. The molecular weight excluding hydrogens is 308 g/mol. The molecular formula is C17H26N4O3. The highest BCUT2D eigenvalue weighted by molar-refractivity contribution is 5.78. The van der Waals surface area contributed by atoms with E-state index in [9.17, 15) is 9.59 Å². The monoisotopic (exact) mass is 334 g/mol. The first-order chi connectivity index (χ1) is 11.5. The van der Waals surface area contributed by atoms with Crippen LogP contribution in [0.15, 0.2) is 4.52 Å². The maximum Gasteiger partial charge on any atom is 0.231 e. The molecule has 3 heterocycles. The van der Waals surface area contributed by atoms with Crippen molar-refractivity contribution >= 4 is 11.8 Å². The van der Waals surface area contributed by atoms with E-state index in [1.807, 2.05) is 23.6 Å². The second kappa shape index (κ2) is 7.32. The van der Waals surface area contributed by atoms with Crippen molar-refractivity contribution in [1.29, 1.82) is 0 Å². The highest BCUT2D eigenvalue weighted by Gasteiger charge is 2.30. The van der Waals surface area contributed by atoms with Gasteiger partial charge in [0, 0.05) is 44.9 Å². The number of hydrogen-bond acceptors (Lipinski definition) is 5. The van der Waals surface area contributed by atoms with Crippen molar-refractivity contribution in [3.05, 3.63) is 11.7 Å². The lowest BCUT2D eigenvalue weighted by atomic mass is 9.97. The topological polar surface area (TPSA) is 79.5 Å². The minimum atomic E-state index is 0.121. The molecule has 2 aliphatic heterocycles. The molecule has 2 saturated heterocycles. The number of amides is 2. The SMILES string of the molecule is CC(C)c1noc([C@H]2CCC(=O)N(CCCN3CCCC3=O)C2)n1. The Labute approximate surface area is 142 Å². The van der Waals surface area contributed by atoms with E-state index in [1.54, 1.807) is 0 Å². The predicted molar refractivity (Wildman–Crippen MR) is 87.4 cm³/mol. The second-order valence-electron chi connectivity index (χ2n) is 7.06. The van der Waals surface area contributed by atoms with Crippen molar-refractivity contribution in [3.63, 3.8) is 0 Å². The lowest BCUT2D eigenvalue weighted by Gasteiger charge is -2.31.